The van der Waals surface area contributed by atoms with Gasteiger partial charge in [-0.15, -0.1) is 0 Å². The molecular formula is C34H38O6. The van der Waals surface area contributed by atoms with E-state index in [0.717, 1.165) is 19.3 Å². The van der Waals surface area contributed by atoms with Gasteiger partial charge in [0, 0.05) is 11.1 Å². The van der Waals surface area contributed by atoms with Crippen LogP contribution < -0.4 is 0 Å². The van der Waals surface area contributed by atoms with Crippen LogP contribution in [0.4, 0.5) is 0 Å². The molecule has 0 saturated carbocycles. The lowest BCUT2D eigenvalue weighted by Gasteiger charge is -2.10. The van der Waals surface area contributed by atoms with Gasteiger partial charge in [-0.1, -0.05) is 113 Å². The molecule has 1 N–H and O–H groups in total. The number of benzene rings is 3. The van der Waals surface area contributed by atoms with E-state index in [1.807, 2.05) is 0 Å². The van der Waals surface area contributed by atoms with Crippen LogP contribution in [0, 0.1) is 0 Å². The summed E-state index contributed by atoms with van der Waals surface area (Å²) in [6.07, 6.45) is 12.1. The minimum absolute atomic E-state index is 0.0338. The molecule has 0 bridgehead atoms. The number of hydrogen-bond donors (Lipinski definition) is 1. The number of esters is 1. The monoisotopic (exact) mass is 542 g/mol. The normalized spacial score (nSPS) is 10.7. The van der Waals surface area contributed by atoms with Crippen molar-refractivity contribution in [1.82, 2.24) is 0 Å². The molecule has 0 fully saturated rings. The number of rotatable bonds is 17. The van der Waals surface area contributed by atoms with Crippen molar-refractivity contribution in [2.45, 2.75) is 71.1 Å². The van der Waals surface area contributed by atoms with Crippen LogP contribution in [-0.2, 0) is 4.74 Å². The third kappa shape index (κ3) is 9.01. The number of ether oxygens (including phenoxy) is 1. The van der Waals surface area contributed by atoms with Crippen molar-refractivity contribution in [2.75, 3.05) is 6.61 Å². The van der Waals surface area contributed by atoms with E-state index >= 15 is 0 Å². The van der Waals surface area contributed by atoms with Crippen LogP contribution in [0.15, 0.2) is 72.8 Å². The SMILES string of the molecule is CCCCCCCCCCCCOC(=O)c1ccc(-c2ccccc2C(=O)C(=O)c2ccc(C(=O)O)cc2)cc1. The minimum Gasteiger partial charge on any atom is -0.478 e. The van der Waals surface area contributed by atoms with Gasteiger partial charge in [0.1, 0.15) is 0 Å². The van der Waals surface area contributed by atoms with Crippen molar-refractivity contribution in [3.05, 3.63) is 95.1 Å². The van der Waals surface area contributed by atoms with Crippen LogP contribution >= 0.6 is 0 Å². The van der Waals surface area contributed by atoms with Crippen molar-refractivity contribution in [3.8, 4) is 11.1 Å². The van der Waals surface area contributed by atoms with Gasteiger partial charge in [-0.05, 0) is 41.8 Å². The summed E-state index contributed by atoms with van der Waals surface area (Å²) in [6, 6.07) is 18.8. The van der Waals surface area contributed by atoms with Crippen LogP contribution in [0.1, 0.15) is 113 Å². The molecule has 0 aromatic heterocycles. The van der Waals surface area contributed by atoms with Gasteiger partial charge in [-0.25, -0.2) is 9.59 Å². The quantitative estimate of drug-likeness (QED) is 0.0799. The first kappa shape index (κ1) is 30.5. The molecule has 0 spiro atoms. The molecule has 3 rings (SSSR count). The van der Waals surface area contributed by atoms with Gasteiger partial charge in [0.05, 0.1) is 17.7 Å². The molecule has 0 aliphatic rings. The summed E-state index contributed by atoms with van der Waals surface area (Å²) in [5, 5.41) is 9.05. The molecular weight excluding hydrogens is 504 g/mol. The maximum Gasteiger partial charge on any atom is 0.338 e. The van der Waals surface area contributed by atoms with Gasteiger partial charge >= 0.3 is 11.9 Å². The van der Waals surface area contributed by atoms with Gasteiger partial charge < -0.3 is 9.84 Å². The topological polar surface area (TPSA) is 97.7 Å². The van der Waals surface area contributed by atoms with E-state index in [1.165, 1.54) is 69.2 Å². The van der Waals surface area contributed by atoms with Crippen LogP contribution in [0.3, 0.4) is 0 Å². The van der Waals surface area contributed by atoms with E-state index in [9.17, 15) is 19.2 Å². The van der Waals surface area contributed by atoms with Crippen molar-refractivity contribution >= 4 is 23.5 Å². The fraction of sp³-hybridized carbons (Fsp3) is 0.353. The highest BCUT2D eigenvalue weighted by molar-refractivity contribution is 6.50. The number of carboxylic acids is 1. The highest BCUT2D eigenvalue weighted by Crippen LogP contribution is 2.26. The molecule has 0 heterocycles. The Kier molecular flexibility index (Phi) is 12.3. The first-order valence-corrected chi connectivity index (χ1v) is 14.2. The second-order valence-electron chi connectivity index (χ2n) is 9.98. The average molecular weight is 543 g/mol. The zero-order chi connectivity index (χ0) is 28.7. The molecule has 0 unspecified atom stereocenters. The van der Waals surface area contributed by atoms with Crippen molar-refractivity contribution in [1.29, 1.82) is 0 Å². The molecule has 0 amide bonds. The maximum atomic E-state index is 13.1. The zero-order valence-corrected chi connectivity index (χ0v) is 23.2. The Morgan fingerprint density at radius 1 is 0.600 bits per heavy atom. The first-order chi connectivity index (χ1) is 19.4. The van der Waals surface area contributed by atoms with Gasteiger partial charge in [0.25, 0.3) is 0 Å². The molecule has 0 atom stereocenters. The molecule has 40 heavy (non-hydrogen) atoms. The predicted octanol–water partition coefficient (Wildman–Crippen LogP) is 8.20. The summed E-state index contributed by atoms with van der Waals surface area (Å²) in [5.74, 6) is -2.91. The van der Waals surface area contributed by atoms with E-state index in [-0.39, 0.29) is 22.7 Å². The first-order valence-electron chi connectivity index (χ1n) is 14.2. The smallest absolute Gasteiger partial charge is 0.338 e. The summed E-state index contributed by atoms with van der Waals surface area (Å²) >= 11 is 0. The highest BCUT2D eigenvalue weighted by Gasteiger charge is 2.22. The molecule has 6 heteroatoms. The molecule has 0 aliphatic heterocycles. The van der Waals surface area contributed by atoms with E-state index in [0.29, 0.717) is 23.3 Å². The fourth-order valence-corrected chi connectivity index (χ4v) is 4.57. The zero-order valence-electron chi connectivity index (χ0n) is 23.2. The molecule has 6 nitrogen and oxygen atoms in total. The number of hydrogen-bond acceptors (Lipinski definition) is 5. The second-order valence-corrected chi connectivity index (χ2v) is 9.98. The Labute approximate surface area is 236 Å². The third-order valence-corrected chi connectivity index (χ3v) is 6.93. The summed E-state index contributed by atoms with van der Waals surface area (Å²) in [4.78, 5) is 49.5. The summed E-state index contributed by atoms with van der Waals surface area (Å²) in [5.41, 5.74) is 2.05. The summed E-state index contributed by atoms with van der Waals surface area (Å²) in [6.45, 7) is 2.62. The Morgan fingerprint density at radius 3 is 1.73 bits per heavy atom. The fourth-order valence-electron chi connectivity index (χ4n) is 4.57. The van der Waals surface area contributed by atoms with Gasteiger partial charge in [-0.3, -0.25) is 9.59 Å². The van der Waals surface area contributed by atoms with Crippen molar-refractivity contribution < 1.29 is 29.0 Å². The number of aromatic carboxylic acids is 1. The van der Waals surface area contributed by atoms with E-state index < -0.39 is 17.5 Å². The van der Waals surface area contributed by atoms with Gasteiger partial charge in [0.15, 0.2) is 0 Å². The second kappa shape index (κ2) is 16.1. The third-order valence-electron chi connectivity index (χ3n) is 6.93. The maximum absolute atomic E-state index is 13.1. The van der Waals surface area contributed by atoms with Gasteiger partial charge in [0.2, 0.25) is 11.6 Å². The lowest BCUT2D eigenvalue weighted by atomic mass is 9.93. The largest absolute Gasteiger partial charge is 0.478 e. The van der Waals surface area contributed by atoms with Crippen LogP contribution in [-0.4, -0.2) is 35.2 Å². The Hall–Kier alpha value is -4.06. The van der Waals surface area contributed by atoms with Crippen LogP contribution in [0.5, 0.6) is 0 Å². The number of ketones is 2. The Morgan fingerprint density at radius 2 is 1.12 bits per heavy atom. The summed E-state index contributed by atoms with van der Waals surface area (Å²) in [7, 11) is 0. The Bertz CT molecular complexity index is 1270. The molecule has 3 aromatic rings. The molecule has 0 radical (unpaired) electrons. The molecule has 0 saturated heterocycles. The van der Waals surface area contributed by atoms with E-state index in [4.69, 9.17) is 9.84 Å². The number of unbranched alkanes of at least 4 members (excludes halogenated alkanes) is 9. The number of carbonyl (C=O) groups is 4. The van der Waals surface area contributed by atoms with Crippen molar-refractivity contribution in [3.63, 3.8) is 0 Å². The standard InChI is InChI=1S/C34H38O6/c1-2-3-4-5-6-7-8-9-10-13-24-40-34(39)28-22-16-25(17-23-28)29-14-11-12-15-30(29)32(36)31(35)26-18-20-27(21-19-26)33(37)38/h11-12,14-23H,2-10,13,24H2,1H3,(H,37,38). The van der Waals surface area contributed by atoms with Crippen LogP contribution in [0.25, 0.3) is 11.1 Å². The highest BCUT2D eigenvalue weighted by atomic mass is 16.5. The molecule has 0 aliphatic carbocycles. The number of Topliss-reactive ketones (excluding diaryl/α,β-unsaturated/α-hetero) is 2. The molecule has 210 valence electrons. The van der Waals surface area contributed by atoms with E-state index in [2.05, 4.69) is 6.92 Å². The van der Waals surface area contributed by atoms with Crippen molar-refractivity contribution in [2.24, 2.45) is 0 Å². The van der Waals surface area contributed by atoms with E-state index in [1.54, 1.807) is 48.5 Å². The van der Waals surface area contributed by atoms with Crippen LogP contribution in [0.2, 0.25) is 0 Å². The Balaban J connectivity index is 1.52. The molecule has 3 aromatic carbocycles. The minimum atomic E-state index is -1.11. The number of carbonyl (C=O) groups excluding carboxylic acids is 3. The lowest BCUT2D eigenvalue weighted by Crippen LogP contribution is -2.15. The number of carboxylic acid groups (broad SMARTS) is 1. The average Bonchev–Trinajstić information content (AvgIpc) is 2.99. The van der Waals surface area contributed by atoms with Gasteiger partial charge in [-0.2, -0.15) is 0 Å². The lowest BCUT2D eigenvalue weighted by molar-refractivity contribution is 0.0497. The summed E-state index contributed by atoms with van der Waals surface area (Å²) < 4.78 is 5.44. The predicted molar refractivity (Wildman–Crippen MR) is 156 cm³/mol.